The number of hydrogen-bond donors (Lipinski definition) is 2. The highest BCUT2D eigenvalue weighted by Gasteiger charge is 2.34. The lowest BCUT2D eigenvalue weighted by Crippen LogP contribution is -2.14. The number of alkyl halides is 3. The molecule has 0 aliphatic carbocycles. The van der Waals surface area contributed by atoms with Crippen LogP contribution in [0.25, 0.3) is 11.4 Å². The second kappa shape index (κ2) is 4.90. The highest BCUT2D eigenvalue weighted by molar-refractivity contribution is 5.60. The van der Waals surface area contributed by atoms with Gasteiger partial charge in [-0.1, -0.05) is 18.2 Å². The Morgan fingerprint density at radius 3 is 2.70 bits per heavy atom. The molecule has 7 heteroatoms. The molecule has 0 saturated carbocycles. The van der Waals surface area contributed by atoms with Crippen LogP contribution in [0.15, 0.2) is 24.3 Å². The molecule has 0 radical (unpaired) electrons. The first kappa shape index (κ1) is 13.1. The zero-order valence-electron chi connectivity index (χ0n) is 10.5. The third-order valence-corrected chi connectivity index (χ3v) is 3.37. The van der Waals surface area contributed by atoms with Crippen molar-refractivity contribution < 1.29 is 13.2 Å². The third-order valence-electron chi connectivity index (χ3n) is 3.37. The van der Waals surface area contributed by atoms with E-state index in [9.17, 15) is 13.2 Å². The lowest BCUT2D eigenvalue weighted by molar-refractivity contribution is -0.137. The molecular weight excluding hydrogens is 269 g/mol. The van der Waals surface area contributed by atoms with E-state index in [1.165, 1.54) is 12.1 Å². The summed E-state index contributed by atoms with van der Waals surface area (Å²) < 4.78 is 38.9. The van der Waals surface area contributed by atoms with Gasteiger partial charge in [-0.25, -0.2) is 4.98 Å². The average Bonchev–Trinajstić information content (AvgIpc) is 3.09. The molecule has 1 aromatic heterocycles. The predicted octanol–water partition coefficient (Wildman–Crippen LogP) is 2.92. The smallest absolute Gasteiger partial charge is 0.307 e. The molecule has 0 amide bonds. The third kappa shape index (κ3) is 2.40. The SMILES string of the molecule is FC(F)(F)c1ccccc1-c1n[nH]c(C2CCCN2)n1. The Bertz CT molecular complexity index is 600. The molecule has 106 valence electrons. The molecule has 1 aliphatic heterocycles. The van der Waals surface area contributed by atoms with Crippen LogP contribution in [0.2, 0.25) is 0 Å². The quantitative estimate of drug-likeness (QED) is 0.890. The van der Waals surface area contributed by atoms with E-state index < -0.39 is 11.7 Å². The molecule has 1 saturated heterocycles. The van der Waals surface area contributed by atoms with Gasteiger partial charge in [-0.05, 0) is 25.5 Å². The van der Waals surface area contributed by atoms with Crippen molar-refractivity contribution in [1.82, 2.24) is 20.5 Å². The minimum absolute atomic E-state index is 0.000460. The van der Waals surface area contributed by atoms with E-state index in [0.717, 1.165) is 25.5 Å². The number of benzene rings is 1. The molecule has 20 heavy (non-hydrogen) atoms. The Balaban J connectivity index is 1.97. The molecule has 2 N–H and O–H groups in total. The standard InChI is InChI=1S/C13H13F3N4/c14-13(15,16)9-5-2-1-4-8(9)11-18-12(20-19-11)10-6-3-7-17-10/h1-2,4-5,10,17H,3,6-7H2,(H,18,19,20). The van der Waals surface area contributed by atoms with Gasteiger partial charge in [-0.3, -0.25) is 5.10 Å². The number of halogens is 3. The maximum absolute atomic E-state index is 13.0. The fourth-order valence-electron chi connectivity index (χ4n) is 2.39. The molecule has 1 unspecified atom stereocenters. The number of aromatic amines is 1. The summed E-state index contributed by atoms with van der Waals surface area (Å²) in [5.41, 5.74) is -0.717. The number of H-pyrrole nitrogens is 1. The second-order valence-corrected chi connectivity index (χ2v) is 4.74. The summed E-state index contributed by atoms with van der Waals surface area (Å²) in [7, 11) is 0. The van der Waals surface area contributed by atoms with Crippen LogP contribution in [-0.4, -0.2) is 21.7 Å². The van der Waals surface area contributed by atoms with Crippen molar-refractivity contribution in [3.8, 4) is 11.4 Å². The molecular formula is C13H13F3N4. The average molecular weight is 282 g/mol. The van der Waals surface area contributed by atoms with Gasteiger partial charge in [0.05, 0.1) is 11.6 Å². The molecule has 2 heterocycles. The van der Waals surface area contributed by atoms with Crippen LogP contribution in [0.1, 0.15) is 30.3 Å². The van der Waals surface area contributed by atoms with E-state index in [1.807, 2.05) is 0 Å². The molecule has 3 rings (SSSR count). The van der Waals surface area contributed by atoms with Crippen LogP contribution >= 0.6 is 0 Å². The molecule has 1 aromatic carbocycles. The summed E-state index contributed by atoms with van der Waals surface area (Å²) in [5.74, 6) is 0.677. The van der Waals surface area contributed by atoms with Gasteiger partial charge < -0.3 is 5.32 Å². The Morgan fingerprint density at radius 2 is 2.00 bits per heavy atom. The first-order chi connectivity index (χ1) is 9.55. The van der Waals surface area contributed by atoms with Gasteiger partial charge in [0.1, 0.15) is 5.82 Å². The second-order valence-electron chi connectivity index (χ2n) is 4.74. The van der Waals surface area contributed by atoms with Crippen molar-refractivity contribution >= 4 is 0 Å². The maximum atomic E-state index is 13.0. The maximum Gasteiger partial charge on any atom is 0.417 e. The monoisotopic (exact) mass is 282 g/mol. The predicted molar refractivity (Wildman–Crippen MR) is 66.8 cm³/mol. The molecule has 1 aliphatic rings. The van der Waals surface area contributed by atoms with Gasteiger partial charge in [0, 0.05) is 5.56 Å². The van der Waals surface area contributed by atoms with Crippen molar-refractivity contribution in [3.63, 3.8) is 0 Å². The Labute approximate surface area is 113 Å². The van der Waals surface area contributed by atoms with Gasteiger partial charge in [0.2, 0.25) is 0 Å². The molecule has 4 nitrogen and oxygen atoms in total. The summed E-state index contributed by atoms with van der Waals surface area (Å²) in [5, 5.41) is 9.89. The molecule has 0 bridgehead atoms. The van der Waals surface area contributed by atoms with Gasteiger partial charge in [-0.15, -0.1) is 0 Å². The van der Waals surface area contributed by atoms with Gasteiger partial charge in [0.25, 0.3) is 0 Å². The van der Waals surface area contributed by atoms with Gasteiger partial charge >= 0.3 is 6.18 Å². The number of nitrogens with zero attached hydrogens (tertiary/aromatic N) is 2. The summed E-state index contributed by atoms with van der Waals surface area (Å²) in [6.07, 6.45) is -2.47. The first-order valence-electron chi connectivity index (χ1n) is 6.38. The first-order valence-corrected chi connectivity index (χ1v) is 6.38. The van der Waals surface area contributed by atoms with E-state index in [-0.39, 0.29) is 17.4 Å². The number of aromatic nitrogens is 3. The fourth-order valence-corrected chi connectivity index (χ4v) is 2.39. The van der Waals surface area contributed by atoms with E-state index in [4.69, 9.17) is 0 Å². The zero-order valence-corrected chi connectivity index (χ0v) is 10.5. The van der Waals surface area contributed by atoms with Crippen LogP contribution in [-0.2, 0) is 6.18 Å². The number of nitrogens with one attached hydrogen (secondary N) is 2. The van der Waals surface area contributed by atoms with Crippen LogP contribution in [0.4, 0.5) is 13.2 Å². The van der Waals surface area contributed by atoms with Crippen molar-refractivity contribution in [2.75, 3.05) is 6.54 Å². The van der Waals surface area contributed by atoms with Gasteiger partial charge in [0.15, 0.2) is 5.82 Å². The van der Waals surface area contributed by atoms with Gasteiger partial charge in [-0.2, -0.15) is 18.3 Å². The molecule has 0 spiro atoms. The Morgan fingerprint density at radius 1 is 1.20 bits per heavy atom. The zero-order chi connectivity index (χ0) is 14.2. The summed E-state index contributed by atoms with van der Waals surface area (Å²) >= 11 is 0. The molecule has 1 fully saturated rings. The highest BCUT2D eigenvalue weighted by atomic mass is 19.4. The summed E-state index contributed by atoms with van der Waals surface area (Å²) in [6.45, 7) is 0.889. The number of rotatable bonds is 2. The van der Waals surface area contributed by atoms with Crippen LogP contribution in [0.3, 0.4) is 0 Å². The van der Waals surface area contributed by atoms with Crippen molar-refractivity contribution in [2.24, 2.45) is 0 Å². The van der Waals surface area contributed by atoms with E-state index in [1.54, 1.807) is 6.07 Å². The summed E-state index contributed by atoms with van der Waals surface area (Å²) in [6, 6.07) is 5.39. The fraction of sp³-hybridized carbons (Fsp3) is 0.385. The van der Waals surface area contributed by atoms with Crippen molar-refractivity contribution in [2.45, 2.75) is 25.1 Å². The minimum atomic E-state index is -4.41. The van der Waals surface area contributed by atoms with Crippen molar-refractivity contribution in [3.05, 3.63) is 35.7 Å². The van der Waals surface area contributed by atoms with E-state index >= 15 is 0 Å². The largest absolute Gasteiger partial charge is 0.417 e. The Hall–Kier alpha value is -1.89. The molecule has 2 aromatic rings. The molecule has 1 atom stereocenters. The number of hydrogen-bond acceptors (Lipinski definition) is 3. The normalized spacial score (nSPS) is 19.4. The highest BCUT2D eigenvalue weighted by Crippen LogP contribution is 2.36. The lowest BCUT2D eigenvalue weighted by atomic mass is 10.1. The minimum Gasteiger partial charge on any atom is -0.307 e. The van der Waals surface area contributed by atoms with E-state index in [0.29, 0.717) is 5.82 Å². The topological polar surface area (TPSA) is 53.6 Å². The lowest BCUT2D eigenvalue weighted by Gasteiger charge is -2.10. The van der Waals surface area contributed by atoms with E-state index in [2.05, 4.69) is 20.5 Å². The van der Waals surface area contributed by atoms with Crippen LogP contribution in [0.5, 0.6) is 0 Å². The van der Waals surface area contributed by atoms with Crippen molar-refractivity contribution in [1.29, 1.82) is 0 Å². The summed E-state index contributed by atoms with van der Waals surface area (Å²) in [4.78, 5) is 4.21. The van der Waals surface area contributed by atoms with Crippen LogP contribution in [0, 0.1) is 0 Å². The van der Waals surface area contributed by atoms with Crippen LogP contribution < -0.4 is 5.32 Å². The Kier molecular flexibility index (Phi) is 3.21.